The van der Waals surface area contributed by atoms with Crippen molar-refractivity contribution in [3.63, 3.8) is 0 Å². The van der Waals surface area contributed by atoms with Crippen LogP contribution in [0.2, 0.25) is 0 Å². The van der Waals surface area contributed by atoms with E-state index in [0.29, 0.717) is 43.8 Å². The number of unbranched alkanes of at least 4 members (excludes halogenated alkanes) is 1. The summed E-state index contributed by atoms with van der Waals surface area (Å²) in [6.45, 7) is 7.91. The molecule has 3 heterocycles. The number of hydrogen-bond acceptors (Lipinski definition) is 6. The lowest BCUT2D eigenvalue weighted by molar-refractivity contribution is -0.352. The molecule has 0 aromatic heterocycles. The van der Waals surface area contributed by atoms with Crippen LogP contribution in [0.25, 0.3) is 0 Å². The van der Waals surface area contributed by atoms with Gasteiger partial charge in [0, 0.05) is 19.6 Å². The van der Waals surface area contributed by atoms with Gasteiger partial charge in [-0.05, 0) is 114 Å². The van der Waals surface area contributed by atoms with Crippen LogP contribution in [0.4, 0.5) is 0 Å². The van der Waals surface area contributed by atoms with Crippen LogP contribution in [0.15, 0.2) is 12.2 Å². The summed E-state index contributed by atoms with van der Waals surface area (Å²) < 4.78 is 29.9. The Bertz CT molecular complexity index is 807. The van der Waals surface area contributed by atoms with E-state index in [9.17, 15) is 9.90 Å². The van der Waals surface area contributed by atoms with Crippen molar-refractivity contribution in [3.8, 4) is 0 Å². The highest BCUT2D eigenvalue weighted by Crippen LogP contribution is 2.54. The number of carboxylic acids is 1. The molecule has 0 radical (unpaired) electrons. The van der Waals surface area contributed by atoms with Gasteiger partial charge in [0.05, 0.1) is 12.2 Å². The molecule has 5 aliphatic rings. The van der Waals surface area contributed by atoms with E-state index in [1.165, 1.54) is 63.4 Å². The van der Waals surface area contributed by atoms with Crippen molar-refractivity contribution in [2.24, 2.45) is 17.3 Å². The van der Waals surface area contributed by atoms with Crippen LogP contribution in [0, 0.1) is 17.3 Å². The first-order chi connectivity index (χ1) is 19.4. The van der Waals surface area contributed by atoms with E-state index in [1.54, 1.807) is 0 Å². The van der Waals surface area contributed by atoms with Gasteiger partial charge >= 0.3 is 5.97 Å². The molecule has 0 spiro atoms. The Morgan fingerprint density at radius 3 is 2.23 bits per heavy atom. The Morgan fingerprint density at radius 1 is 0.975 bits per heavy atom. The van der Waals surface area contributed by atoms with Crippen molar-refractivity contribution < 1.29 is 33.6 Å². The highest BCUT2D eigenvalue weighted by Gasteiger charge is 2.50. The molecular formula is C33H54O7. The van der Waals surface area contributed by atoms with E-state index < -0.39 is 24.3 Å². The smallest absolute Gasteiger partial charge is 0.364 e. The first kappa shape index (κ1) is 30.5. The molecule has 6 atom stereocenters. The Balaban J connectivity index is 1.12. The number of epoxide rings is 1. The summed E-state index contributed by atoms with van der Waals surface area (Å²) in [5.74, 6) is -1.64. The molecule has 1 N–H and O–H groups in total. The molecule has 5 rings (SSSR count). The topological polar surface area (TPSA) is 86.8 Å². The largest absolute Gasteiger partial charge is 0.477 e. The molecule has 2 aliphatic carbocycles. The molecule has 228 valence electrons. The third kappa shape index (κ3) is 8.09. The quantitative estimate of drug-likeness (QED) is 0.111. The van der Waals surface area contributed by atoms with Gasteiger partial charge < -0.3 is 28.8 Å². The van der Waals surface area contributed by atoms with Gasteiger partial charge in [-0.25, -0.2) is 4.79 Å². The summed E-state index contributed by atoms with van der Waals surface area (Å²) >= 11 is 0. The zero-order valence-electron chi connectivity index (χ0n) is 24.9. The van der Waals surface area contributed by atoms with Crippen LogP contribution >= 0.6 is 0 Å². The zero-order valence-corrected chi connectivity index (χ0v) is 24.9. The minimum absolute atomic E-state index is 0.0447. The maximum Gasteiger partial charge on any atom is 0.364 e. The Kier molecular flexibility index (Phi) is 10.7. The third-order valence-corrected chi connectivity index (χ3v) is 10.4. The predicted molar refractivity (Wildman–Crippen MR) is 153 cm³/mol. The molecular weight excluding hydrogens is 508 g/mol. The lowest BCUT2D eigenvalue weighted by atomic mass is 9.83. The lowest BCUT2D eigenvalue weighted by Crippen LogP contribution is -2.51. The van der Waals surface area contributed by atoms with Crippen molar-refractivity contribution in [3.05, 3.63) is 12.2 Å². The summed E-state index contributed by atoms with van der Waals surface area (Å²) in [5.41, 5.74) is 2.07. The minimum atomic E-state index is -1.78. The average Bonchev–Trinajstić information content (AvgIpc) is 3.87. The van der Waals surface area contributed by atoms with Gasteiger partial charge in [-0.15, -0.1) is 0 Å². The number of hydrogen-bond donors (Lipinski definition) is 1. The monoisotopic (exact) mass is 562 g/mol. The summed E-state index contributed by atoms with van der Waals surface area (Å²) in [4.78, 5) is 12.7. The van der Waals surface area contributed by atoms with E-state index in [1.807, 2.05) is 0 Å². The van der Waals surface area contributed by atoms with Crippen LogP contribution < -0.4 is 0 Å². The molecule has 7 nitrogen and oxygen atoms in total. The Morgan fingerprint density at radius 2 is 1.65 bits per heavy atom. The lowest BCUT2D eigenvalue weighted by Gasteiger charge is -2.37. The van der Waals surface area contributed by atoms with Crippen LogP contribution in [-0.4, -0.2) is 54.9 Å². The standard InChI is InChI=1S/C33H54O7/c1-3-4-16-32(19-20-32)17-9-10-25-14-13-24(2)26(25)23-28-27(38-28)15-18-33(31(34)35,39-29-11-5-7-21-36-29)40-30-12-6-8-22-37-30/h25-30H,2-23H2,1H3,(H,34,35)/t25-,26-,27?,28+,29?,30?,33?/m0/s1. The van der Waals surface area contributed by atoms with Crippen LogP contribution in [0.1, 0.15) is 129 Å². The zero-order chi connectivity index (χ0) is 28.0. The number of ether oxygens (including phenoxy) is 5. The second-order valence-electron chi connectivity index (χ2n) is 13.4. The maximum atomic E-state index is 12.7. The summed E-state index contributed by atoms with van der Waals surface area (Å²) in [6, 6.07) is 0. The van der Waals surface area contributed by atoms with Gasteiger partial charge in [0.15, 0.2) is 12.6 Å². The number of allylic oxidation sites excluding steroid dienone is 1. The Labute approximate surface area is 241 Å². The van der Waals surface area contributed by atoms with Gasteiger partial charge in [-0.2, -0.15) is 0 Å². The van der Waals surface area contributed by atoms with E-state index >= 15 is 0 Å². The van der Waals surface area contributed by atoms with Crippen molar-refractivity contribution >= 4 is 5.97 Å². The van der Waals surface area contributed by atoms with E-state index in [-0.39, 0.29) is 18.6 Å². The van der Waals surface area contributed by atoms with Crippen molar-refractivity contribution in [2.75, 3.05) is 13.2 Å². The molecule has 0 aromatic carbocycles. The second kappa shape index (κ2) is 14.0. The molecule has 0 amide bonds. The van der Waals surface area contributed by atoms with Crippen molar-refractivity contribution in [1.29, 1.82) is 0 Å². The fourth-order valence-electron chi connectivity index (χ4n) is 7.50. The molecule has 7 heteroatoms. The fourth-order valence-corrected chi connectivity index (χ4v) is 7.50. The second-order valence-corrected chi connectivity index (χ2v) is 13.4. The summed E-state index contributed by atoms with van der Waals surface area (Å²) in [7, 11) is 0. The van der Waals surface area contributed by atoms with E-state index in [4.69, 9.17) is 23.7 Å². The Hall–Kier alpha value is -0.990. The first-order valence-corrected chi connectivity index (χ1v) is 16.6. The van der Waals surface area contributed by atoms with Gasteiger partial charge in [0.2, 0.25) is 0 Å². The predicted octanol–water partition coefficient (Wildman–Crippen LogP) is 7.51. The maximum absolute atomic E-state index is 12.7. The highest BCUT2D eigenvalue weighted by molar-refractivity contribution is 5.75. The molecule has 40 heavy (non-hydrogen) atoms. The number of rotatable bonds is 17. The SMILES string of the molecule is C=C1CC[C@H](CCCC2(CCCC)CC2)[C@H]1C[C@H]1OC1CCC(OC1CCCCO1)(OC1CCCCO1)C(=O)O. The molecule has 5 fully saturated rings. The average molecular weight is 563 g/mol. The number of aliphatic carboxylic acids is 1. The number of carbonyl (C=O) groups is 1. The van der Waals surface area contributed by atoms with Gasteiger partial charge in [-0.3, -0.25) is 0 Å². The molecule has 3 saturated heterocycles. The molecule has 0 bridgehead atoms. The summed E-state index contributed by atoms with van der Waals surface area (Å²) in [6.07, 6.45) is 19.6. The van der Waals surface area contributed by atoms with Crippen LogP contribution in [0.5, 0.6) is 0 Å². The summed E-state index contributed by atoms with van der Waals surface area (Å²) in [5, 5.41) is 10.4. The first-order valence-electron chi connectivity index (χ1n) is 16.6. The van der Waals surface area contributed by atoms with Crippen molar-refractivity contribution in [2.45, 2.75) is 159 Å². The highest BCUT2D eigenvalue weighted by atomic mass is 16.8. The molecule has 0 aromatic rings. The van der Waals surface area contributed by atoms with Crippen LogP contribution in [0.3, 0.4) is 0 Å². The van der Waals surface area contributed by atoms with E-state index in [0.717, 1.165) is 44.4 Å². The van der Waals surface area contributed by atoms with E-state index in [2.05, 4.69) is 13.5 Å². The molecule has 3 unspecified atom stereocenters. The molecule has 3 aliphatic heterocycles. The molecule has 2 saturated carbocycles. The normalized spacial score (nSPS) is 34.9. The van der Waals surface area contributed by atoms with Gasteiger partial charge in [0.25, 0.3) is 5.79 Å². The van der Waals surface area contributed by atoms with Gasteiger partial charge in [0.1, 0.15) is 0 Å². The van der Waals surface area contributed by atoms with Gasteiger partial charge in [-0.1, -0.05) is 38.3 Å². The number of carboxylic acid groups (broad SMARTS) is 1. The van der Waals surface area contributed by atoms with Crippen molar-refractivity contribution in [1.82, 2.24) is 0 Å². The minimum Gasteiger partial charge on any atom is -0.477 e. The fraction of sp³-hybridized carbons (Fsp3) is 0.909. The third-order valence-electron chi connectivity index (χ3n) is 10.4. The van der Waals surface area contributed by atoms with Crippen LogP contribution in [-0.2, 0) is 28.5 Å².